The van der Waals surface area contributed by atoms with Gasteiger partial charge in [0, 0.05) is 29.0 Å². The van der Waals surface area contributed by atoms with Crippen molar-refractivity contribution >= 4 is 28.2 Å². The Bertz CT molecular complexity index is 860. The van der Waals surface area contributed by atoms with Crippen molar-refractivity contribution in [3.8, 4) is 5.75 Å². The van der Waals surface area contributed by atoms with Crippen molar-refractivity contribution < 1.29 is 14.3 Å². The Morgan fingerprint density at radius 1 is 1.12 bits per heavy atom. The number of carbonyl (C=O) groups is 1. The van der Waals surface area contributed by atoms with Crippen LogP contribution in [0.15, 0.2) is 54.7 Å². The average molecular weight is 322 g/mol. The van der Waals surface area contributed by atoms with Crippen LogP contribution in [0.1, 0.15) is 17.3 Å². The molecule has 3 rings (SSSR count). The Labute approximate surface area is 140 Å². The maximum absolute atomic E-state index is 11.7. The van der Waals surface area contributed by atoms with E-state index in [1.165, 1.54) is 0 Å². The second-order valence-corrected chi connectivity index (χ2v) is 5.16. The molecule has 0 bridgehead atoms. The molecular weight excluding hydrogens is 304 g/mol. The fourth-order valence-corrected chi connectivity index (χ4v) is 2.42. The smallest absolute Gasteiger partial charge is 0.338 e. The van der Waals surface area contributed by atoms with Gasteiger partial charge in [-0.15, -0.1) is 0 Å². The van der Waals surface area contributed by atoms with E-state index in [4.69, 9.17) is 9.47 Å². The normalized spacial score (nSPS) is 10.4. The van der Waals surface area contributed by atoms with Crippen molar-refractivity contribution in [2.75, 3.05) is 19.0 Å². The molecule has 0 saturated carbocycles. The molecule has 0 aliphatic carbocycles. The minimum atomic E-state index is -0.314. The predicted molar refractivity (Wildman–Crippen MR) is 94.0 cm³/mol. The summed E-state index contributed by atoms with van der Waals surface area (Å²) in [5, 5.41) is 4.34. The lowest BCUT2D eigenvalue weighted by Crippen LogP contribution is -2.04. The lowest BCUT2D eigenvalue weighted by atomic mass is 10.1. The molecule has 0 atom stereocenters. The summed E-state index contributed by atoms with van der Waals surface area (Å²) in [5.41, 5.74) is 3.20. The number of methoxy groups -OCH3 is 1. The van der Waals surface area contributed by atoms with Gasteiger partial charge >= 0.3 is 5.97 Å². The number of carbonyl (C=O) groups excluding carboxylic acids is 1. The first-order valence-corrected chi connectivity index (χ1v) is 7.68. The summed E-state index contributed by atoms with van der Waals surface area (Å²) in [5.74, 6) is 0.455. The topological polar surface area (TPSA) is 60.5 Å². The standard InChI is InChI=1S/C19H18N2O3/c1-3-24-19(22)13-4-6-14(7-5-13)21-17-10-11-20-18-12-15(23-2)8-9-16(17)18/h4-12H,3H2,1-2H3,(H,20,21). The molecule has 0 spiro atoms. The molecule has 0 amide bonds. The number of aromatic nitrogens is 1. The number of hydrogen-bond donors (Lipinski definition) is 1. The first-order chi connectivity index (χ1) is 11.7. The highest BCUT2D eigenvalue weighted by Gasteiger charge is 2.07. The Morgan fingerprint density at radius 2 is 1.92 bits per heavy atom. The monoisotopic (exact) mass is 322 g/mol. The fourth-order valence-electron chi connectivity index (χ4n) is 2.42. The zero-order valence-electron chi connectivity index (χ0n) is 13.6. The molecule has 0 saturated heterocycles. The van der Waals surface area contributed by atoms with Crippen LogP contribution >= 0.6 is 0 Å². The van der Waals surface area contributed by atoms with Gasteiger partial charge in [0.15, 0.2) is 0 Å². The van der Waals surface area contributed by atoms with Crippen LogP contribution < -0.4 is 10.1 Å². The van der Waals surface area contributed by atoms with Gasteiger partial charge < -0.3 is 14.8 Å². The molecule has 1 heterocycles. The predicted octanol–water partition coefficient (Wildman–Crippen LogP) is 4.16. The Hall–Kier alpha value is -3.08. The minimum absolute atomic E-state index is 0.314. The average Bonchev–Trinajstić information content (AvgIpc) is 2.62. The van der Waals surface area contributed by atoms with E-state index in [-0.39, 0.29) is 5.97 Å². The molecule has 24 heavy (non-hydrogen) atoms. The molecule has 0 aliphatic rings. The summed E-state index contributed by atoms with van der Waals surface area (Å²) in [6.45, 7) is 2.16. The van der Waals surface area contributed by atoms with Crippen LogP contribution in [-0.4, -0.2) is 24.7 Å². The van der Waals surface area contributed by atoms with Gasteiger partial charge in [0.05, 0.1) is 24.8 Å². The van der Waals surface area contributed by atoms with E-state index in [0.29, 0.717) is 12.2 Å². The van der Waals surface area contributed by atoms with E-state index in [2.05, 4.69) is 10.3 Å². The molecule has 5 nitrogen and oxygen atoms in total. The molecule has 3 aromatic rings. The summed E-state index contributed by atoms with van der Waals surface area (Å²) in [6, 6.07) is 14.9. The molecule has 1 aromatic heterocycles. The van der Waals surface area contributed by atoms with E-state index in [1.54, 1.807) is 32.4 Å². The molecule has 5 heteroatoms. The quantitative estimate of drug-likeness (QED) is 0.715. The number of anilines is 2. The minimum Gasteiger partial charge on any atom is -0.497 e. The summed E-state index contributed by atoms with van der Waals surface area (Å²) < 4.78 is 10.2. The third-order valence-electron chi connectivity index (χ3n) is 3.62. The van der Waals surface area contributed by atoms with Crippen LogP contribution in [0.2, 0.25) is 0 Å². The fraction of sp³-hybridized carbons (Fsp3) is 0.158. The number of ether oxygens (including phenoxy) is 2. The maximum Gasteiger partial charge on any atom is 0.338 e. The van der Waals surface area contributed by atoms with Crippen LogP contribution in [0, 0.1) is 0 Å². The highest BCUT2D eigenvalue weighted by atomic mass is 16.5. The number of fused-ring (bicyclic) bond motifs is 1. The highest BCUT2D eigenvalue weighted by molar-refractivity contribution is 5.94. The second-order valence-electron chi connectivity index (χ2n) is 5.16. The molecule has 2 aromatic carbocycles. The van der Waals surface area contributed by atoms with Crippen molar-refractivity contribution in [3.05, 3.63) is 60.3 Å². The van der Waals surface area contributed by atoms with Crippen molar-refractivity contribution in [1.82, 2.24) is 4.98 Å². The van der Waals surface area contributed by atoms with Crippen LogP contribution in [0.5, 0.6) is 5.75 Å². The van der Waals surface area contributed by atoms with Crippen molar-refractivity contribution in [1.29, 1.82) is 0 Å². The molecule has 0 aliphatic heterocycles. The van der Waals surface area contributed by atoms with Crippen LogP contribution in [0.25, 0.3) is 10.9 Å². The van der Waals surface area contributed by atoms with Crippen molar-refractivity contribution in [3.63, 3.8) is 0 Å². The lowest BCUT2D eigenvalue weighted by molar-refractivity contribution is 0.0526. The van der Waals surface area contributed by atoms with E-state index >= 15 is 0 Å². The molecule has 0 radical (unpaired) electrons. The number of rotatable bonds is 5. The summed E-state index contributed by atoms with van der Waals surface area (Å²) in [6.07, 6.45) is 1.75. The Kier molecular flexibility index (Phi) is 4.61. The number of hydrogen-bond acceptors (Lipinski definition) is 5. The van der Waals surface area contributed by atoms with Gasteiger partial charge in [-0.2, -0.15) is 0 Å². The number of nitrogens with one attached hydrogen (secondary N) is 1. The highest BCUT2D eigenvalue weighted by Crippen LogP contribution is 2.27. The summed E-state index contributed by atoms with van der Waals surface area (Å²) in [7, 11) is 1.63. The van der Waals surface area contributed by atoms with Crippen molar-refractivity contribution in [2.45, 2.75) is 6.92 Å². The Morgan fingerprint density at radius 3 is 2.62 bits per heavy atom. The molecule has 1 N–H and O–H groups in total. The van der Waals surface area contributed by atoms with Gasteiger partial charge in [-0.05, 0) is 49.4 Å². The van der Waals surface area contributed by atoms with Crippen molar-refractivity contribution in [2.24, 2.45) is 0 Å². The number of pyridine rings is 1. The van der Waals surface area contributed by atoms with Gasteiger partial charge in [-0.1, -0.05) is 0 Å². The summed E-state index contributed by atoms with van der Waals surface area (Å²) >= 11 is 0. The number of benzene rings is 2. The molecule has 122 valence electrons. The SMILES string of the molecule is CCOC(=O)c1ccc(Nc2ccnc3cc(OC)ccc23)cc1. The molecular formula is C19H18N2O3. The Balaban J connectivity index is 1.86. The number of nitrogens with zero attached hydrogens (tertiary/aromatic N) is 1. The molecule has 0 unspecified atom stereocenters. The van der Waals surface area contributed by atoms with Crippen LogP contribution in [0.3, 0.4) is 0 Å². The van der Waals surface area contributed by atoms with Crippen LogP contribution in [-0.2, 0) is 4.74 Å². The van der Waals surface area contributed by atoms with Crippen LogP contribution in [0.4, 0.5) is 11.4 Å². The first kappa shape index (κ1) is 15.8. The van der Waals surface area contributed by atoms with Gasteiger partial charge in [-0.25, -0.2) is 4.79 Å². The molecule has 0 fully saturated rings. The summed E-state index contributed by atoms with van der Waals surface area (Å²) in [4.78, 5) is 16.1. The maximum atomic E-state index is 11.7. The van der Waals surface area contributed by atoms with E-state index < -0.39 is 0 Å². The zero-order valence-corrected chi connectivity index (χ0v) is 13.6. The van der Waals surface area contributed by atoms with E-state index in [0.717, 1.165) is 28.0 Å². The third kappa shape index (κ3) is 3.30. The largest absolute Gasteiger partial charge is 0.497 e. The third-order valence-corrected chi connectivity index (χ3v) is 3.62. The second kappa shape index (κ2) is 7.00. The van der Waals surface area contributed by atoms with Gasteiger partial charge in [0.25, 0.3) is 0 Å². The lowest BCUT2D eigenvalue weighted by Gasteiger charge is -2.11. The van der Waals surface area contributed by atoms with E-state index in [1.807, 2.05) is 36.4 Å². The van der Waals surface area contributed by atoms with Gasteiger partial charge in [0.2, 0.25) is 0 Å². The van der Waals surface area contributed by atoms with E-state index in [9.17, 15) is 4.79 Å². The van der Waals surface area contributed by atoms with Gasteiger partial charge in [-0.3, -0.25) is 4.98 Å². The van der Waals surface area contributed by atoms with Gasteiger partial charge in [0.1, 0.15) is 5.75 Å². The zero-order chi connectivity index (χ0) is 16.9. The first-order valence-electron chi connectivity index (χ1n) is 7.68. The number of esters is 1.